The van der Waals surface area contributed by atoms with Gasteiger partial charge in [0.25, 0.3) is 0 Å². The standard InChI is InChI=1S/C20H26O2S2/c1-3-5-9-15(19(21)17-11-7-13-23-17)16(10-6-4-2)20(22)18-12-8-14-24-18/h7-8,11-16H,3-6,9-10H2,1-2H3/t15-,16-/m1/s1. The molecule has 2 aromatic rings. The molecule has 0 radical (unpaired) electrons. The Morgan fingerprint density at radius 1 is 0.833 bits per heavy atom. The van der Waals surface area contributed by atoms with E-state index in [-0.39, 0.29) is 23.4 Å². The van der Waals surface area contributed by atoms with Crippen molar-refractivity contribution >= 4 is 34.2 Å². The van der Waals surface area contributed by atoms with Crippen LogP contribution in [-0.2, 0) is 0 Å². The summed E-state index contributed by atoms with van der Waals surface area (Å²) in [6, 6.07) is 7.60. The highest BCUT2D eigenvalue weighted by Crippen LogP contribution is 2.32. The first-order valence-corrected chi connectivity index (χ1v) is 10.6. The average Bonchev–Trinajstić information content (AvgIpc) is 3.30. The van der Waals surface area contributed by atoms with Crippen LogP contribution in [0.3, 0.4) is 0 Å². The fourth-order valence-electron chi connectivity index (χ4n) is 3.08. The maximum Gasteiger partial charge on any atom is 0.176 e. The van der Waals surface area contributed by atoms with Crippen LogP contribution in [0.4, 0.5) is 0 Å². The second-order valence-electron chi connectivity index (χ2n) is 6.18. The molecular weight excluding hydrogens is 336 g/mol. The number of hydrogen-bond acceptors (Lipinski definition) is 4. The molecule has 0 unspecified atom stereocenters. The minimum absolute atomic E-state index is 0.157. The van der Waals surface area contributed by atoms with Crippen molar-refractivity contribution < 1.29 is 9.59 Å². The first kappa shape index (κ1) is 19.1. The first-order chi connectivity index (χ1) is 11.7. The highest BCUT2D eigenvalue weighted by atomic mass is 32.1. The number of rotatable bonds is 11. The summed E-state index contributed by atoms with van der Waals surface area (Å²) in [5, 5.41) is 3.87. The van der Waals surface area contributed by atoms with Crippen LogP contribution in [0, 0.1) is 11.8 Å². The van der Waals surface area contributed by atoms with E-state index in [1.54, 1.807) is 0 Å². The SMILES string of the molecule is CCCC[C@@H](C(=O)c1cccs1)[C@@H](CCCC)C(=O)c1cccs1. The zero-order valence-corrected chi connectivity index (χ0v) is 16.1. The van der Waals surface area contributed by atoms with E-state index in [4.69, 9.17) is 0 Å². The van der Waals surface area contributed by atoms with E-state index in [1.807, 2.05) is 35.0 Å². The highest BCUT2D eigenvalue weighted by molar-refractivity contribution is 7.12. The number of carbonyl (C=O) groups excluding carboxylic acids is 2. The molecule has 0 bridgehead atoms. The molecule has 2 atom stereocenters. The van der Waals surface area contributed by atoms with Crippen LogP contribution in [-0.4, -0.2) is 11.6 Å². The quantitative estimate of drug-likeness (QED) is 0.428. The number of carbonyl (C=O) groups is 2. The van der Waals surface area contributed by atoms with Gasteiger partial charge in [-0.1, -0.05) is 51.7 Å². The van der Waals surface area contributed by atoms with Gasteiger partial charge in [-0.05, 0) is 35.7 Å². The van der Waals surface area contributed by atoms with Crippen LogP contribution in [0.25, 0.3) is 0 Å². The van der Waals surface area contributed by atoms with Gasteiger partial charge in [0.15, 0.2) is 11.6 Å². The first-order valence-electron chi connectivity index (χ1n) is 8.84. The van der Waals surface area contributed by atoms with Gasteiger partial charge in [0.1, 0.15) is 0 Å². The molecule has 2 nitrogen and oxygen atoms in total. The lowest BCUT2D eigenvalue weighted by Crippen LogP contribution is -2.30. The summed E-state index contributed by atoms with van der Waals surface area (Å²) >= 11 is 2.97. The molecule has 0 saturated carbocycles. The fraction of sp³-hybridized carbons (Fsp3) is 0.500. The van der Waals surface area contributed by atoms with E-state index in [1.165, 1.54) is 22.7 Å². The van der Waals surface area contributed by atoms with Gasteiger partial charge in [-0.15, -0.1) is 22.7 Å². The topological polar surface area (TPSA) is 34.1 Å². The van der Waals surface area contributed by atoms with Crippen molar-refractivity contribution in [1.29, 1.82) is 0 Å². The number of hydrogen-bond donors (Lipinski definition) is 0. The molecule has 0 saturated heterocycles. The second kappa shape index (κ2) is 9.90. The minimum atomic E-state index is -0.190. The van der Waals surface area contributed by atoms with E-state index < -0.39 is 0 Å². The summed E-state index contributed by atoms with van der Waals surface area (Å²) in [5.41, 5.74) is 0. The molecule has 2 rings (SSSR count). The number of Topliss-reactive ketones (excluding diaryl/α,β-unsaturated/α-hetero) is 2. The average molecular weight is 363 g/mol. The van der Waals surface area contributed by atoms with E-state index in [0.717, 1.165) is 48.3 Å². The Morgan fingerprint density at radius 2 is 1.25 bits per heavy atom. The fourth-order valence-corrected chi connectivity index (χ4v) is 4.54. The molecule has 0 fully saturated rings. The summed E-state index contributed by atoms with van der Waals surface area (Å²) in [6.45, 7) is 4.27. The number of thiophene rings is 2. The highest BCUT2D eigenvalue weighted by Gasteiger charge is 2.34. The lowest BCUT2D eigenvalue weighted by molar-refractivity contribution is 0.0746. The summed E-state index contributed by atoms with van der Waals surface area (Å²) < 4.78 is 0. The Bertz CT molecular complexity index is 558. The van der Waals surface area contributed by atoms with Crippen LogP contribution < -0.4 is 0 Å². The van der Waals surface area contributed by atoms with Crippen molar-refractivity contribution in [2.24, 2.45) is 11.8 Å². The Labute approximate surface area is 152 Å². The summed E-state index contributed by atoms with van der Waals surface area (Å²) in [6.07, 6.45) is 5.67. The molecule has 4 heteroatoms. The van der Waals surface area contributed by atoms with Crippen LogP contribution in [0.5, 0.6) is 0 Å². The third kappa shape index (κ3) is 4.87. The Hall–Kier alpha value is -1.26. The third-order valence-electron chi connectivity index (χ3n) is 4.42. The maximum absolute atomic E-state index is 13.1. The Kier molecular flexibility index (Phi) is 7.86. The van der Waals surface area contributed by atoms with Crippen LogP contribution in [0.2, 0.25) is 0 Å². The van der Waals surface area contributed by atoms with Crippen molar-refractivity contribution in [1.82, 2.24) is 0 Å². The lowest BCUT2D eigenvalue weighted by atomic mass is 9.78. The number of unbranched alkanes of at least 4 members (excludes halogenated alkanes) is 2. The van der Waals surface area contributed by atoms with Crippen molar-refractivity contribution in [2.75, 3.05) is 0 Å². The molecule has 0 N–H and O–H groups in total. The van der Waals surface area contributed by atoms with Gasteiger partial charge in [0, 0.05) is 11.8 Å². The summed E-state index contributed by atoms with van der Waals surface area (Å²) in [4.78, 5) is 27.7. The van der Waals surface area contributed by atoms with Crippen molar-refractivity contribution in [3.05, 3.63) is 44.8 Å². The van der Waals surface area contributed by atoms with E-state index in [0.29, 0.717) is 0 Å². The lowest BCUT2D eigenvalue weighted by Gasteiger charge is -2.24. The Morgan fingerprint density at radius 3 is 1.54 bits per heavy atom. The molecule has 24 heavy (non-hydrogen) atoms. The molecule has 130 valence electrons. The number of ketones is 2. The minimum Gasteiger partial charge on any atom is -0.293 e. The van der Waals surface area contributed by atoms with Crippen molar-refractivity contribution in [3.8, 4) is 0 Å². The largest absolute Gasteiger partial charge is 0.293 e. The van der Waals surface area contributed by atoms with E-state index in [2.05, 4.69) is 13.8 Å². The molecule has 0 aromatic carbocycles. The van der Waals surface area contributed by atoms with Crippen molar-refractivity contribution in [3.63, 3.8) is 0 Å². The van der Waals surface area contributed by atoms with Gasteiger partial charge in [0.2, 0.25) is 0 Å². The molecule has 0 aliphatic heterocycles. The smallest absolute Gasteiger partial charge is 0.176 e. The van der Waals surface area contributed by atoms with Crippen LogP contribution in [0.15, 0.2) is 35.0 Å². The zero-order chi connectivity index (χ0) is 17.4. The van der Waals surface area contributed by atoms with E-state index in [9.17, 15) is 9.59 Å². The predicted octanol–water partition coefficient (Wildman–Crippen LogP) is 6.49. The third-order valence-corrected chi connectivity index (χ3v) is 6.19. The van der Waals surface area contributed by atoms with Gasteiger partial charge in [0.05, 0.1) is 9.75 Å². The van der Waals surface area contributed by atoms with Gasteiger partial charge in [-0.2, -0.15) is 0 Å². The summed E-state index contributed by atoms with van der Waals surface area (Å²) in [5.74, 6) is -0.0663. The zero-order valence-electron chi connectivity index (χ0n) is 14.5. The molecule has 2 heterocycles. The molecular formula is C20H26O2S2. The molecule has 0 aliphatic rings. The van der Waals surface area contributed by atoms with Gasteiger partial charge in [-0.25, -0.2) is 0 Å². The Balaban J connectivity index is 2.28. The van der Waals surface area contributed by atoms with Gasteiger partial charge < -0.3 is 0 Å². The molecule has 2 aromatic heterocycles. The van der Waals surface area contributed by atoms with Crippen LogP contribution >= 0.6 is 22.7 Å². The van der Waals surface area contributed by atoms with Gasteiger partial charge in [-0.3, -0.25) is 9.59 Å². The molecule has 0 amide bonds. The monoisotopic (exact) mass is 362 g/mol. The van der Waals surface area contributed by atoms with Crippen molar-refractivity contribution in [2.45, 2.75) is 52.4 Å². The normalized spacial score (nSPS) is 13.6. The van der Waals surface area contributed by atoms with Crippen LogP contribution in [0.1, 0.15) is 71.7 Å². The second-order valence-corrected chi connectivity index (χ2v) is 8.08. The maximum atomic E-state index is 13.1. The van der Waals surface area contributed by atoms with E-state index >= 15 is 0 Å². The summed E-state index contributed by atoms with van der Waals surface area (Å²) in [7, 11) is 0. The molecule has 0 spiro atoms. The predicted molar refractivity (Wildman–Crippen MR) is 103 cm³/mol. The molecule has 0 aliphatic carbocycles. The van der Waals surface area contributed by atoms with Gasteiger partial charge >= 0.3 is 0 Å².